The van der Waals surface area contributed by atoms with Crippen molar-refractivity contribution in [3.63, 3.8) is 0 Å². The van der Waals surface area contributed by atoms with Gasteiger partial charge in [-0.2, -0.15) is 0 Å². The first kappa shape index (κ1) is 20.2. The normalized spacial score (nSPS) is 17.1. The number of nitrogens with one attached hydrogen (secondary N) is 2. The Bertz CT molecular complexity index is 615. The van der Waals surface area contributed by atoms with Gasteiger partial charge in [-0.05, 0) is 31.7 Å². The van der Waals surface area contributed by atoms with E-state index in [1.54, 1.807) is 25.2 Å². The van der Waals surface area contributed by atoms with Crippen molar-refractivity contribution >= 4 is 11.9 Å². The summed E-state index contributed by atoms with van der Waals surface area (Å²) < 4.78 is 13.8. The van der Waals surface area contributed by atoms with Crippen LogP contribution in [0.4, 0.5) is 4.39 Å². The first-order valence-corrected chi connectivity index (χ1v) is 9.21. The summed E-state index contributed by atoms with van der Waals surface area (Å²) in [6.45, 7) is 4.42. The Morgan fingerprint density at radius 2 is 2.08 bits per heavy atom. The fourth-order valence-electron chi connectivity index (χ4n) is 3.16. The summed E-state index contributed by atoms with van der Waals surface area (Å²) in [5, 5.41) is 16.2. The number of carbonyl (C=O) groups is 1. The molecule has 0 saturated carbocycles. The van der Waals surface area contributed by atoms with Gasteiger partial charge in [0.1, 0.15) is 11.9 Å². The van der Waals surface area contributed by atoms with Gasteiger partial charge in [-0.25, -0.2) is 4.39 Å². The number of rotatable bonds is 6. The maximum absolute atomic E-state index is 13.8. The molecule has 1 unspecified atom stereocenters. The van der Waals surface area contributed by atoms with E-state index >= 15 is 0 Å². The Labute approximate surface area is 154 Å². The van der Waals surface area contributed by atoms with E-state index < -0.39 is 11.9 Å². The molecule has 26 heavy (non-hydrogen) atoms. The highest BCUT2D eigenvalue weighted by Crippen LogP contribution is 2.21. The molecule has 0 aromatic heterocycles. The summed E-state index contributed by atoms with van der Waals surface area (Å²) in [4.78, 5) is 18.1. The van der Waals surface area contributed by atoms with Crippen LogP contribution in [0.3, 0.4) is 0 Å². The van der Waals surface area contributed by atoms with E-state index in [-0.39, 0.29) is 18.0 Å². The second kappa shape index (κ2) is 10.1. The molecule has 1 heterocycles. The molecule has 0 bridgehead atoms. The highest BCUT2D eigenvalue weighted by Gasteiger charge is 2.23. The van der Waals surface area contributed by atoms with E-state index in [1.807, 2.05) is 6.92 Å². The van der Waals surface area contributed by atoms with Crippen LogP contribution in [-0.2, 0) is 4.79 Å². The number of hydrogen-bond acceptors (Lipinski definition) is 3. The zero-order valence-corrected chi connectivity index (χ0v) is 15.5. The molecule has 1 saturated heterocycles. The number of carbonyl (C=O) groups excluding carboxylic acids is 1. The highest BCUT2D eigenvalue weighted by molar-refractivity contribution is 5.80. The third-order valence-corrected chi connectivity index (χ3v) is 4.68. The van der Waals surface area contributed by atoms with Crippen molar-refractivity contribution in [3.05, 3.63) is 35.6 Å². The summed E-state index contributed by atoms with van der Waals surface area (Å²) in [5.74, 6) is 0.770. The molecule has 1 fully saturated rings. The van der Waals surface area contributed by atoms with Crippen molar-refractivity contribution in [1.29, 1.82) is 0 Å². The second-order valence-corrected chi connectivity index (χ2v) is 6.54. The predicted molar refractivity (Wildman–Crippen MR) is 100 cm³/mol. The lowest BCUT2D eigenvalue weighted by Crippen LogP contribution is -2.46. The molecule has 2 rings (SSSR count). The maximum Gasteiger partial charge on any atom is 0.220 e. The molecule has 1 aliphatic rings. The molecule has 1 aliphatic heterocycles. The van der Waals surface area contributed by atoms with E-state index in [0.717, 1.165) is 31.9 Å². The monoisotopic (exact) mass is 364 g/mol. The van der Waals surface area contributed by atoms with E-state index in [9.17, 15) is 14.3 Å². The number of piperidine rings is 1. The Morgan fingerprint density at radius 1 is 1.38 bits per heavy atom. The maximum atomic E-state index is 13.8. The van der Waals surface area contributed by atoms with Gasteiger partial charge in [-0.15, -0.1) is 0 Å². The largest absolute Gasteiger partial charge is 0.386 e. The van der Waals surface area contributed by atoms with Crippen LogP contribution in [0.5, 0.6) is 0 Å². The number of likely N-dealkylation sites (tertiary alicyclic amines) is 1. The standard InChI is InChI=1S/C19H29FN4O2/c1-3-22-19(23-13-17(25)15-6-4-5-7-16(15)20)24-10-8-14(9-11-24)12-18(26)21-2/h4-7,14,17,25H,3,8-13H2,1-2H3,(H,21,26)(H,22,23). The topological polar surface area (TPSA) is 77.0 Å². The van der Waals surface area contributed by atoms with Crippen LogP contribution in [0, 0.1) is 11.7 Å². The number of aliphatic imine (C=N–C) groups is 1. The van der Waals surface area contributed by atoms with Crippen molar-refractivity contribution in [2.24, 2.45) is 10.9 Å². The molecule has 6 nitrogen and oxygen atoms in total. The van der Waals surface area contributed by atoms with Crippen LogP contribution in [0.2, 0.25) is 0 Å². The zero-order valence-electron chi connectivity index (χ0n) is 15.5. The first-order chi connectivity index (χ1) is 12.5. The number of amides is 1. The van der Waals surface area contributed by atoms with E-state index in [2.05, 4.69) is 20.5 Å². The summed E-state index contributed by atoms with van der Waals surface area (Å²) in [7, 11) is 1.66. The predicted octanol–water partition coefficient (Wildman–Crippen LogP) is 1.67. The molecule has 1 atom stereocenters. The van der Waals surface area contributed by atoms with Gasteiger partial charge in [0.2, 0.25) is 5.91 Å². The number of aliphatic hydroxyl groups excluding tert-OH is 1. The molecular weight excluding hydrogens is 335 g/mol. The van der Waals surface area contributed by atoms with Crippen LogP contribution in [0.15, 0.2) is 29.3 Å². The van der Waals surface area contributed by atoms with Gasteiger partial charge in [0.05, 0.1) is 6.54 Å². The third-order valence-electron chi connectivity index (χ3n) is 4.68. The Hall–Kier alpha value is -2.15. The molecule has 1 aromatic rings. The van der Waals surface area contributed by atoms with Crippen molar-refractivity contribution in [2.45, 2.75) is 32.3 Å². The van der Waals surface area contributed by atoms with Gasteiger partial charge >= 0.3 is 0 Å². The summed E-state index contributed by atoms with van der Waals surface area (Å²) in [6.07, 6.45) is 1.43. The Morgan fingerprint density at radius 3 is 2.69 bits per heavy atom. The smallest absolute Gasteiger partial charge is 0.220 e. The lowest BCUT2D eigenvalue weighted by Gasteiger charge is -2.34. The number of benzene rings is 1. The van der Waals surface area contributed by atoms with Gasteiger partial charge in [0.15, 0.2) is 5.96 Å². The van der Waals surface area contributed by atoms with Crippen molar-refractivity contribution in [3.8, 4) is 0 Å². The van der Waals surface area contributed by atoms with Crippen LogP contribution in [-0.4, -0.2) is 55.1 Å². The van der Waals surface area contributed by atoms with Crippen molar-refractivity contribution in [1.82, 2.24) is 15.5 Å². The second-order valence-electron chi connectivity index (χ2n) is 6.54. The first-order valence-electron chi connectivity index (χ1n) is 9.21. The summed E-state index contributed by atoms with van der Waals surface area (Å²) >= 11 is 0. The van der Waals surface area contributed by atoms with Gasteiger partial charge in [-0.1, -0.05) is 18.2 Å². The molecular formula is C19H29FN4O2. The minimum Gasteiger partial charge on any atom is -0.386 e. The van der Waals surface area contributed by atoms with E-state index in [0.29, 0.717) is 18.9 Å². The average Bonchev–Trinajstić information content (AvgIpc) is 2.66. The average molecular weight is 364 g/mol. The van der Waals surface area contributed by atoms with Crippen LogP contribution >= 0.6 is 0 Å². The van der Waals surface area contributed by atoms with Gasteiger partial charge in [0, 0.05) is 38.7 Å². The number of aliphatic hydroxyl groups is 1. The van der Waals surface area contributed by atoms with Gasteiger partial charge in [0.25, 0.3) is 0 Å². The molecule has 0 radical (unpaired) electrons. The molecule has 1 aromatic carbocycles. The highest BCUT2D eigenvalue weighted by atomic mass is 19.1. The zero-order chi connectivity index (χ0) is 18.9. The Kier molecular flexibility index (Phi) is 7.84. The van der Waals surface area contributed by atoms with Gasteiger partial charge < -0.3 is 20.6 Å². The number of hydrogen-bond donors (Lipinski definition) is 3. The molecule has 7 heteroatoms. The quantitative estimate of drug-likeness (QED) is 0.530. The van der Waals surface area contributed by atoms with Crippen molar-refractivity contribution in [2.75, 3.05) is 33.2 Å². The molecule has 0 aliphatic carbocycles. The number of halogens is 1. The lowest BCUT2D eigenvalue weighted by atomic mass is 9.93. The molecule has 3 N–H and O–H groups in total. The molecule has 1 amide bonds. The van der Waals surface area contributed by atoms with Crippen molar-refractivity contribution < 1.29 is 14.3 Å². The van der Waals surface area contributed by atoms with Crippen LogP contribution in [0.25, 0.3) is 0 Å². The summed E-state index contributed by atoms with van der Waals surface area (Å²) in [5.41, 5.74) is 0.261. The SMILES string of the molecule is CCNC(=NCC(O)c1ccccc1F)N1CCC(CC(=O)NC)CC1. The number of nitrogens with zero attached hydrogens (tertiary/aromatic N) is 2. The third kappa shape index (κ3) is 5.69. The van der Waals surface area contributed by atoms with Crippen LogP contribution in [0.1, 0.15) is 37.9 Å². The minimum atomic E-state index is -0.976. The molecule has 144 valence electrons. The van der Waals surface area contributed by atoms with Gasteiger partial charge in [-0.3, -0.25) is 9.79 Å². The number of guanidine groups is 1. The van der Waals surface area contributed by atoms with E-state index in [1.165, 1.54) is 6.07 Å². The fraction of sp³-hybridized carbons (Fsp3) is 0.579. The fourth-order valence-corrected chi connectivity index (χ4v) is 3.16. The summed E-state index contributed by atoms with van der Waals surface area (Å²) in [6, 6.07) is 6.22. The minimum absolute atomic E-state index is 0.0806. The van der Waals surface area contributed by atoms with E-state index in [4.69, 9.17) is 0 Å². The molecule has 0 spiro atoms. The lowest BCUT2D eigenvalue weighted by molar-refractivity contribution is -0.121. The Balaban J connectivity index is 1.95. The van der Waals surface area contributed by atoms with Crippen LogP contribution < -0.4 is 10.6 Å².